The summed E-state index contributed by atoms with van der Waals surface area (Å²) in [7, 11) is 0. The summed E-state index contributed by atoms with van der Waals surface area (Å²) in [5.41, 5.74) is 2.06. The second-order valence-corrected chi connectivity index (χ2v) is 3.59. The van der Waals surface area contributed by atoms with Crippen LogP contribution in [0, 0.1) is 13.8 Å². The SMILES string of the molecule is CCc1c(C)c(C)c(O)n(CCO)c1=O. The van der Waals surface area contributed by atoms with Crippen LogP contribution in [0.15, 0.2) is 4.79 Å². The molecule has 0 aliphatic heterocycles. The van der Waals surface area contributed by atoms with Crippen molar-refractivity contribution < 1.29 is 10.2 Å². The molecule has 1 aromatic rings. The third kappa shape index (κ3) is 1.90. The number of nitrogens with zero attached hydrogens (tertiary/aromatic N) is 1. The molecule has 1 rings (SSSR count). The third-order valence-corrected chi connectivity index (χ3v) is 2.79. The van der Waals surface area contributed by atoms with E-state index in [1.54, 1.807) is 6.92 Å². The molecule has 0 aromatic carbocycles. The van der Waals surface area contributed by atoms with Crippen LogP contribution in [0.25, 0.3) is 0 Å². The molecular formula is C11H17NO3. The normalized spacial score (nSPS) is 10.7. The van der Waals surface area contributed by atoms with Crippen molar-refractivity contribution in [2.24, 2.45) is 0 Å². The quantitative estimate of drug-likeness (QED) is 0.774. The Morgan fingerprint density at radius 1 is 1.27 bits per heavy atom. The highest BCUT2D eigenvalue weighted by Crippen LogP contribution is 2.20. The summed E-state index contributed by atoms with van der Waals surface area (Å²) in [5.74, 6) is -0.0382. The summed E-state index contributed by atoms with van der Waals surface area (Å²) >= 11 is 0. The van der Waals surface area contributed by atoms with Crippen LogP contribution in [0.2, 0.25) is 0 Å². The number of hydrogen-bond donors (Lipinski definition) is 2. The van der Waals surface area contributed by atoms with Gasteiger partial charge in [0.25, 0.3) is 5.56 Å². The van der Waals surface area contributed by atoms with E-state index in [0.29, 0.717) is 17.5 Å². The fourth-order valence-electron chi connectivity index (χ4n) is 1.74. The number of aromatic hydroxyl groups is 1. The molecule has 0 aliphatic rings. The van der Waals surface area contributed by atoms with E-state index < -0.39 is 0 Å². The summed E-state index contributed by atoms with van der Waals surface area (Å²) in [6.45, 7) is 5.50. The van der Waals surface area contributed by atoms with Crippen LogP contribution in [-0.2, 0) is 13.0 Å². The Bertz CT molecular complexity index is 421. The Balaban J connectivity index is 3.53. The maximum Gasteiger partial charge on any atom is 0.256 e. The number of aromatic nitrogens is 1. The number of pyridine rings is 1. The summed E-state index contributed by atoms with van der Waals surface area (Å²) in [5, 5.41) is 18.6. The van der Waals surface area contributed by atoms with Gasteiger partial charge in [-0.3, -0.25) is 9.36 Å². The van der Waals surface area contributed by atoms with Crippen molar-refractivity contribution in [1.82, 2.24) is 4.57 Å². The Kier molecular flexibility index (Phi) is 3.52. The number of hydrogen-bond acceptors (Lipinski definition) is 3. The molecule has 0 atom stereocenters. The molecule has 0 saturated heterocycles. The fraction of sp³-hybridized carbons (Fsp3) is 0.545. The molecule has 0 fully saturated rings. The molecule has 84 valence electrons. The van der Waals surface area contributed by atoms with Gasteiger partial charge < -0.3 is 10.2 Å². The van der Waals surface area contributed by atoms with E-state index in [0.717, 1.165) is 5.56 Å². The first-order valence-electron chi connectivity index (χ1n) is 5.07. The molecule has 0 bridgehead atoms. The van der Waals surface area contributed by atoms with Crippen LogP contribution in [0.4, 0.5) is 0 Å². The van der Waals surface area contributed by atoms with Crippen LogP contribution in [0.1, 0.15) is 23.6 Å². The summed E-state index contributed by atoms with van der Waals surface area (Å²) in [6.07, 6.45) is 0.636. The Labute approximate surface area is 88.8 Å². The van der Waals surface area contributed by atoms with Gasteiger partial charge in [-0.15, -0.1) is 0 Å². The van der Waals surface area contributed by atoms with Crippen molar-refractivity contribution in [3.8, 4) is 5.88 Å². The van der Waals surface area contributed by atoms with E-state index in [9.17, 15) is 9.90 Å². The monoisotopic (exact) mass is 211 g/mol. The predicted molar refractivity (Wildman–Crippen MR) is 58.3 cm³/mol. The molecule has 15 heavy (non-hydrogen) atoms. The lowest BCUT2D eigenvalue weighted by molar-refractivity contribution is 0.263. The lowest BCUT2D eigenvalue weighted by Gasteiger charge is -2.14. The molecule has 0 radical (unpaired) electrons. The highest BCUT2D eigenvalue weighted by molar-refractivity contribution is 5.38. The first kappa shape index (κ1) is 11.8. The van der Waals surface area contributed by atoms with Crippen molar-refractivity contribution in [2.45, 2.75) is 33.7 Å². The van der Waals surface area contributed by atoms with Gasteiger partial charge >= 0.3 is 0 Å². The van der Waals surface area contributed by atoms with E-state index in [1.165, 1.54) is 4.57 Å². The van der Waals surface area contributed by atoms with Crippen molar-refractivity contribution in [2.75, 3.05) is 6.61 Å². The minimum Gasteiger partial charge on any atom is -0.494 e. The molecule has 2 N–H and O–H groups in total. The lowest BCUT2D eigenvalue weighted by atomic mass is 10.0. The minimum absolute atomic E-state index is 0.0382. The summed E-state index contributed by atoms with van der Waals surface area (Å²) in [6, 6.07) is 0. The average Bonchev–Trinajstić information content (AvgIpc) is 2.22. The highest BCUT2D eigenvalue weighted by Gasteiger charge is 2.14. The molecule has 0 amide bonds. The molecule has 4 nitrogen and oxygen atoms in total. The molecule has 0 unspecified atom stereocenters. The Morgan fingerprint density at radius 2 is 1.87 bits per heavy atom. The van der Waals surface area contributed by atoms with Crippen LogP contribution >= 0.6 is 0 Å². The van der Waals surface area contributed by atoms with Gasteiger partial charge in [-0.2, -0.15) is 0 Å². The van der Waals surface area contributed by atoms with Gasteiger partial charge in [0.2, 0.25) is 0 Å². The van der Waals surface area contributed by atoms with Crippen LogP contribution in [-0.4, -0.2) is 21.4 Å². The van der Waals surface area contributed by atoms with Gasteiger partial charge in [-0.05, 0) is 25.8 Å². The predicted octanol–water partition coefficient (Wildman–Crippen LogP) is 0.725. The van der Waals surface area contributed by atoms with Gasteiger partial charge in [-0.1, -0.05) is 6.92 Å². The first-order chi connectivity index (χ1) is 7.04. The molecule has 0 spiro atoms. The second-order valence-electron chi connectivity index (χ2n) is 3.59. The van der Waals surface area contributed by atoms with Gasteiger partial charge in [0.15, 0.2) is 5.88 Å². The number of rotatable bonds is 3. The largest absolute Gasteiger partial charge is 0.494 e. The second kappa shape index (κ2) is 4.49. The van der Waals surface area contributed by atoms with E-state index >= 15 is 0 Å². The minimum atomic E-state index is -0.202. The van der Waals surface area contributed by atoms with E-state index in [-0.39, 0.29) is 24.6 Å². The molecule has 0 aliphatic carbocycles. The van der Waals surface area contributed by atoms with Crippen LogP contribution in [0.5, 0.6) is 5.88 Å². The Morgan fingerprint density at radius 3 is 2.33 bits per heavy atom. The standard InChI is InChI=1S/C11H17NO3/c1-4-9-7(2)8(3)10(14)12(5-6-13)11(9)15/h13-14H,4-6H2,1-3H3. The third-order valence-electron chi connectivity index (χ3n) is 2.79. The zero-order chi connectivity index (χ0) is 11.6. The molecular weight excluding hydrogens is 194 g/mol. The zero-order valence-electron chi connectivity index (χ0n) is 9.37. The molecule has 1 heterocycles. The van der Waals surface area contributed by atoms with Gasteiger partial charge in [0.1, 0.15) is 0 Å². The van der Waals surface area contributed by atoms with Crippen LogP contribution < -0.4 is 5.56 Å². The molecule has 4 heteroatoms. The van der Waals surface area contributed by atoms with Crippen molar-refractivity contribution in [3.63, 3.8) is 0 Å². The molecule has 1 aromatic heterocycles. The Hall–Kier alpha value is -1.29. The average molecular weight is 211 g/mol. The maximum absolute atomic E-state index is 11.9. The first-order valence-corrected chi connectivity index (χ1v) is 5.07. The topological polar surface area (TPSA) is 62.5 Å². The zero-order valence-corrected chi connectivity index (χ0v) is 9.37. The maximum atomic E-state index is 11.9. The van der Waals surface area contributed by atoms with E-state index in [4.69, 9.17) is 5.11 Å². The van der Waals surface area contributed by atoms with Crippen molar-refractivity contribution in [3.05, 3.63) is 27.0 Å². The highest BCUT2D eigenvalue weighted by atomic mass is 16.3. The summed E-state index contributed by atoms with van der Waals surface area (Å²) < 4.78 is 1.22. The van der Waals surface area contributed by atoms with Crippen LogP contribution in [0.3, 0.4) is 0 Å². The van der Waals surface area contributed by atoms with Crippen molar-refractivity contribution >= 4 is 0 Å². The smallest absolute Gasteiger partial charge is 0.256 e. The van der Waals surface area contributed by atoms with Gasteiger partial charge in [0, 0.05) is 11.1 Å². The number of aliphatic hydroxyl groups is 1. The fourth-order valence-corrected chi connectivity index (χ4v) is 1.74. The van der Waals surface area contributed by atoms with Gasteiger partial charge in [-0.25, -0.2) is 0 Å². The van der Waals surface area contributed by atoms with E-state index in [1.807, 2.05) is 13.8 Å². The number of aliphatic hydroxyl groups excluding tert-OH is 1. The van der Waals surface area contributed by atoms with Crippen molar-refractivity contribution in [1.29, 1.82) is 0 Å². The van der Waals surface area contributed by atoms with Gasteiger partial charge in [0.05, 0.1) is 13.2 Å². The lowest BCUT2D eigenvalue weighted by Crippen LogP contribution is -2.26. The summed E-state index contributed by atoms with van der Waals surface area (Å²) in [4.78, 5) is 11.9. The molecule has 0 saturated carbocycles. The van der Waals surface area contributed by atoms with E-state index in [2.05, 4.69) is 0 Å².